The lowest BCUT2D eigenvalue weighted by atomic mass is 9.87. The normalized spacial score (nSPS) is 23.8. The number of hydrogen-bond donors (Lipinski definition) is 1. The monoisotopic (exact) mass is 415 g/mol. The molecule has 2 amide bonds. The fraction of sp³-hybridized carbons (Fsp3) is 0.667. The summed E-state index contributed by atoms with van der Waals surface area (Å²) in [5.74, 6) is 0.353. The van der Waals surface area contributed by atoms with E-state index in [0.717, 1.165) is 57.3 Å². The lowest BCUT2D eigenvalue weighted by Gasteiger charge is -2.37. The van der Waals surface area contributed by atoms with Crippen LogP contribution in [0.1, 0.15) is 69.0 Å². The molecule has 1 saturated carbocycles. The highest BCUT2D eigenvalue weighted by atomic mass is 19.1. The van der Waals surface area contributed by atoms with Crippen molar-refractivity contribution in [2.75, 3.05) is 26.2 Å². The van der Waals surface area contributed by atoms with Crippen molar-refractivity contribution in [3.63, 3.8) is 0 Å². The zero-order valence-corrected chi connectivity index (χ0v) is 18.0. The Bertz CT molecular complexity index is 770. The van der Waals surface area contributed by atoms with Gasteiger partial charge in [0.25, 0.3) is 0 Å². The van der Waals surface area contributed by atoms with E-state index in [-0.39, 0.29) is 29.7 Å². The van der Waals surface area contributed by atoms with Gasteiger partial charge >= 0.3 is 0 Å². The summed E-state index contributed by atoms with van der Waals surface area (Å²) in [7, 11) is 0. The van der Waals surface area contributed by atoms with Crippen LogP contribution in [-0.4, -0.2) is 53.8 Å². The van der Waals surface area contributed by atoms with Crippen molar-refractivity contribution in [1.29, 1.82) is 0 Å². The first-order valence-corrected chi connectivity index (χ1v) is 11.6. The Kier molecular flexibility index (Phi) is 6.71. The van der Waals surface area contributed by atoms with Gasteiger partial charge in [-0.2, -0.15) is 0 Å². The first-order chi connectivity index (χ1) is 14.5. The standard InChI is InChI=1S/C24H34FN3O2/c1-17-22-15-20(25)8-7-18(22)9-12-28(17)16-23(29)26-21-10-13-27(14-11-21)24(30)19-5-3-2-4-6-19/h7-8,15,17,19,21H,2-6,9-14,16H2,1H3,(H,26,29). The van der Waals surface area contributed by atoms with Crippen LogP contribution in [0.15, 0.2) is 18.2 Å². The molecule has 4 rings (SSSR count). The van der Waals surface area contributed by atoms with E-state index in [1.54, 1.807) is 6.07 Å². The number of carbonyl (C=O) groups excluding carboxylic acids is 2. The largest absolute Gasteiger partial charge is 0.352 e. The Balaban J connectivity index is 1.24. The van der Waals surface area contributed by atoms with E-state index in [0.29, 0.717) is 12.5 Å². The number of fused-ring (bicyclic) bond motifs is 1. The van der Waals surface area contributed by atoms with Crippen LogP contribution in [0.2, 0.25) is 0 Å². The van der Waals surface area contributed by atoms with Gasteiger partial charge < -0.3 is 10.2 Å². The molecular weight excluding hydrogens is 381 g/mol. The summed E-state index contributed by atoms with van der Waals surface area (Å²) in [4.78, 5) is 29.5. The Morgan fingerprint density at radius 3 is 2.53 bits per heavy atom. The summed E-state index contributed by atoms with van der Waals surface area (Å²) in [6.07, 6.45) is 8.18. The molecule has 5 nitrogen and oxygen atoms in total. The maximum Gasteiger partial charge on any atom is 0.234 e. The van der Waals surface area contributed by atoms with Gasteiger partial charge in [-0.1, -0.05) is 25.3 Å². The van der Waals surface area contributed by atoms with Crippen molar-refractivity contribution in [3.8, 4) is 0 Å². The third kappa shape index (κ3) is 4.85. The van der Waals surface area contributed by atoms with Gasteiger partial charge in [-0.15, -0.1) is 0 Å². The van der Waals surface area contributed by atoms with Crippen molar-refractivity contribution in [1.82, 2.24) is 15.1 Å². The van der Waals surface area contributed by atoms with Gasteiger partial charge in [0, 0.05) is 37.6 Å². The van der Waals surface area contributed by atoms with Crippen LogP contribution in [-0.2, 0) is 16.0 Å². The molecule has 1 atom stereocenters. The Morgan fingerprint density at radius 2 is 1.80 bits per heavy atom. The maximum atomic E-state index is 13.6. The average Bonchev–Trinajstić information content (AvgIpc) is 2.77. The summed E-state index contributed by atoms with van der Waals surface area (Å²) >= 11 is 0. The minimum absolute atomic E-state index is 0.0266. The van der Waals surface area contributed by atoms with Gasteiger partial charge in [-0.05, 0) is 62.3 Å². The predicted molar refractivity (Wildman–Crippen MR) is 114 cm³/mol. The molecule has 2 fully saturated rings. The SMILES string of the molecule is CC1c2cc(F)ccc2CCN1CC(=O)NC1CCN(C(=O)C2CCCCC2)CC1. The lowest BCUT2D eigenvalue weighted by molar-refractivity contribution is -0.137. The molecule has 1 N–H and O–H groups in total. The molecule has 1 aromatic carbocycles. The van der Waals surface area contributed by atoms with Crippen LogP contribution in [0.4, 0.5) is 4.39 Å². The van der Waals surface area contributed by atoms with Crippen molar-refractivity contribution < 1.29 is 14.0 Å². The first kappa shape index (κ1) is 21.3. The number of carbonyl (C=O) groups is 2. The Labute approximate surface area is 179 Å². The highest BCUT2D eigenvalue weighted by molar-refractivity contribution is 5.80. The molecule has 1 saturated heterocycles. The molecule has 164 valence electrons. The van der Waals surface area contributed by atoms with Crippen LogP contribution in [0.25, 0.3) is 0 Å². The van der Waals surface area contributed by atoms with Gasteiger partial charge in [-0.3, -0.25) is 14.5 Å². The molecule has 1 aliphatic carbocycles. The van der Waals surface area contributed by atoms with Crippen LogP contribution in [0, 0.1) is 11.7 Å². The number of piperidine rings is 1. The van der Waals surface area contributed by atoms with E-state index >= 15 is 0 Å². The van der Waals surface area contributed by atoms with E-state index < -0.39 is 0 Å². The number of benzene rings is 1. The minimum atomic E-state index is -0.221. The zero-order chi connectivity index (χ0) is 21.1. The van der Waals surface area contributed by atoms with E-state index in [2.05, 4.69) is 10.2 Å². The minimum Gasteiger partial charge on any atom is -0.352 e. The third-order valence-corrected chi connectivity index (χ3v) is 7.25. The summed E-state index contributed by atoms with van der Waals surface area (Å²) in [6, 6.07) is 5.14. The highest BCUT2D eigenvalue weighted by Crippen LogP contribution is 2.30. The van der Waals surface area contributed by atoms with Crippen molar-refractivity contribution >= 4 is 11.8 Å². The van der Waals surface area contributed by atoms with Crippen LogP contribution in [0.3, 0.4) is 0 Å². The number of halogens is 1. The Morgan fingerprint density at radius 1 is 1.07 bits per heavy atom. The van der Waals surface area contributed by atoms with Crippen molar-refractivity contribution in [2.24, 2.45) is 5.92 Å². The number of likely N-dealkylation sites (tertiary alicyclic amines) is 1. The number of nitrogens with zero attached hydrogens (tertiary/aromatic N) is 2. The van der Waals surface area contributed by atoms with Crippen molar-refractivity contribution in [3.05, 3.63) is 35.1 Å². The van der Waals surface area contributed by atoms with E-state index in [1.807, 2.05) is 17.9 Å². The fourth-order valence-electron chi connectivity index (χ4n) is 5.36. The number of amides is 2. The Hall–Kier alpha value is -1.95. The van der Waals surface area contributed by atoms with Gasteiger partial charge in [0.05, 0.1) is 6.54 Å². The van der Waals surface area contributed by atoms with E-state index in [9.17, 15) is 14.0 Å². The number of nitrogens with one attached hydrogen (secondary N) is 1. The molecule has 0 bridgehead atoms. The van der Waals surface area contributed by atoms with Gasteiger partial charge in [0.15, 0.2) is 0 Å². The lowest BCUT2D eigenvalue weighted by Crippen LogP contribution is -2.50. The topological polar surface area (TPSA) is 52.7 Å². The highest BCUT2D eigenvalue weighted by Gasteiger charge is 2.30. The van der Waals surface area contributed by atoms with Gasteiger partial charge in [-0.25, -0.2) is 4.39 Å². The zero-order valence-electron chi connectivity index (χ0n) is 18.0. The molecule has 3 aliphatic rings. The van der Waals surface area contributed by atoms with Crippen LogP contribution < -0.4 is 5.32 Å². The fourth-order valence-corrected chi connectivity index (χ4v) is 5.36. The van der Waals surface area contributed by atoms with Crippen LogP contribution >= 0.6 is 0 Å². The second-order valence-electron chi connectivity index (χ2n) is 9.24. The molecule has 1 unspecified atom stereocenters. The molecular formula is C24H34FN3O2. The predicted octanol–water partition coefficient (Wildman–Crippen LogP) is 3.43. The molecule has 0 spiro atoms. The maximum absolute atomic E-state index is 13.6. The molecule has 2 heterocycles. The summed E-state index contributed by atoms with van der Waals surface area (Å²) < 4.78 is 13.6. The third-order valence-electron chi connectivity index (χ3n) is 7.25. The molecule has 1 aromatic rings. The summed E-state index contributed by atoms with van der Waals surface area (Å²) in [6.45, 7) is 4.67. The molecule has 6 heteroatoms. The first-order valence-electron chi connectivity index (χ1n) is 11.6. The molecule has 0 radical (unpaired) electrons. The van der Waals surface area contributed by atoms with Crippen LogP contribution in [0.5, 0.6) is 0 Å². The van der Waals surface area contributed by atoms with Crippen molar-refractivity contribution in [2.45, 2.75) is 70.4 Å². The summed E-state index contributed by atoms with van der Waals surface area (Å²) in [5.41, 5.74) is 2.17. The molecule has 0 aromatic heterocycles. The average molecular weight is 416 g/mol. The second kappa shape index (κ2) is 9.46. The van der Waals surface area contributed by atoms with Gasteiger partial charge in [0.2, 0.25) is 11.8 Å². The van der Waals surface area contributed by atoms with E-state index in [4.69, 9.17) is 0 Å². The smallest absolute Gasteiger partial charge is 0.234 e. The number of hydrogen-bond acceptors (Lipinski definition) is 3. The molecule has 30 heavy (non-hydrogen) atoms. The van der Waals surface area contributed by atoms with E-state index in [1.165, 1.54) is 30.9 Å². The quantitative estimate of drug-likeness (QED) is 0.820. The number of rotatable bonds is 4. The summed E-state index contributed by atoms with van der Waals surface area (Å²) in [5, 5.41) is 3.17. The second-order valence-corrected chi connectivity index (χ2v) is 9.24. The van der Waals surface area contributed by atoms with Gasteiger partial charge in [0.1, 0.15) is 5.82 Å². The molecule has 2 aliphatic heterocycles.